The molecule has 1 unspecified atom stereocenters. The summed E-state index contributed by atoms with van der Waals surface area (Å²) in [6, 6.07) is 20.9. The van der Waals surface area contributed by atoms with Gasteiger partial charge in [-0.15, -0.1) is 0 Å². The van der Waals surface area contributed by atoms with Crippen LogP contribution in [-0.4, -0.2) is 26.0 Å². The largest absolute Gasteiger partial charge is 0.477 e. The second-order valence-electron chi connectivity index (χ2n) is 8.52. The van der Waals surface area contributed by atoms with E-state index in [-0.39, 0.29) is 16.5 Å². The summed E-state index contributed by atoms with van der Waals surface area (Å²) in [6.07, 6.45) is 0.525. The number of nitrogens with one attached hydrogen (secondary N) is 1. The lowest BCUT2D eigenvalue weighted by molar-refractivity contribution is 0.0690. The van der Waals surface area contributed by atoms with E-state index in [1.807, 2.05) is 48.5 Å². The molecule has 32 heavy (non-hydrogen) atoms. The number of fused-ring (bicyclic) bond motifs is 1. The molecule has 0 aliphatic carbocycles. The summed E-state index contributed by atoms with van der Waals surface area (Å²) >= 11 is 1.64. The Balaban J connectivity index is 1.76. The molecular formula is C25H25N3O3S. The molecule has 2 aromatic heterocycles. The second kappa shape index (κ2) is 9.14. The SMILES string of the molecule is CC(C)(C)SNC(Cc1cccc(C(=O)O)n1)c1ccccc1-c1noc2ccccc12. The zero-order chi connectivity index (χ0) is 22.7. The molecule has 2 N–H and O–H groups in total. The lowest BCUT2D eigenvalue weighted by atomic mass is 9.94. The van der Waals surface area contributed by atoms with Crippen LogP contribution in [0, 0.1) is 0 Å². The number of pyridine rings is 1. The predicted octanol–water partition coefficient (Wildman–Crippen LogP) is 5.91. The summed E-state index contributed by atoms with van der Waals surface area (Å²) in [7, 11) is 0. The van der Waals surface area contributed by atoms with Crippen molar-refractivity contribution in [1.82, 2.24) is 14.9 Å². The van der Waals surface area contributed by atoms with E-state index in [9.17, 15) is 9.90 Å². The Labute approximate surface area is 191 Å². The maximum absolute atomic E-state index is 11.4. The van der Waals surface area contributed by atoms with Gasteiger partial charge in [0.2, 0.25) is 0 Å². The highest BCUT2D eigenvalue weighted by atomic mass is 32.2. The average Bonchev–Trinajstić information content (AvgIpc) is 3.20. The van der Waals surface area contributed by atoms with Gasteiger partial charge in [-0.3, -0.25) is 4.72 Å². The van der Waals surface area contributed by atoms with Gasteiger partial charge >= 0.3 is 5.97 Å². The number of rotatable bonds is 7. The van der Waals surface area contributed by atoms with Crippen LogP contribution in [0.25, 0.3) is 22.2 Å². The fourth-order valence-corrected chi connectivity index (χ4v) is 4.19. The van der Waals surface area contributed by atoms with Crippen LogP contribution in [0.2, 0.25) is 0 Å². The Morgan fingerprint density at radius 2 is 1.81 bits per heavy atom. The van der Waals surface area contributed by atoms with Gasteiger partial charge in [0.15, 0.2) is 5.58 Å². The maximum Gasteiger partial charge on any atom is 0.354 e. The summed E-state index contributed by atoms with van der Waals surface area (Å²) in [5.41, 5.74) is 4.29. The number of benzene rings is 2. The molecule has 0 saturated heterocycles. The molecule has 0 fully saturated rings. The minimum atomic E-state index is -1.03. The summed E-state index contributed by atoms with van der Waals surface area (Å²) in [5, 5.41) is 14.7. The molecule has 0 bridgehead atoms. The fourth-order valence-electron chi connectivity index (χ4n) is 3.48. The molecule has 1 atom stereocenters. The molecular weight excluding hydrogens is 422 g/mol. The van der Waals surface area contributed by atoms with Crippen LogP contribution >= 0.6 is 11.9 Å². The third kappa shape index (κ3) is 5.00. The van der Waals surface area contributed by atoms with Crippen LogP contribution in [0.3, 0.4) is 0 Å². The summed E-state index contributed by atoms with van der Waals surface area (Å²) < 4.78 is 9.14. The number of para-hydroxylation sites is 1. The van der Waals surface area contributed by atoms with Crippen molar-refractivity contribution in [3.8, 4) is 11.3 Å². The first-order valence-electron chi connectivity index (χ1n) is 10.4. The van der Waals surface area contributed by atoms with Gasteiger partial charge in [0.25, 0.3) is 0 Å². The molecule has 0 radical (unpaired) electrons. The van der Waals surface area contributed by atoms with Crippen molar-refractivity contribution < 1.29 is 14.4 Å². The highest BCUT2D eigenvalue weighted by Crippen LogP contribution is 2.35. The van der Waals surface area contributed by atoms with Crippen molar-refractivity contribution in [2.75, 3.05) is 0 Å². The van der Waals surface area contributed by atoms with Crippen LogP contribution in [0.15, 0.2) is 71.3 Å². The van der Waals surface area contributed by atoms with Crippen LogP contribution in [0.1, 0.15) is 48.6 Å². The molecule has 0 aliphatic heterocycles. The van der Waals surface area contributed by atoms with E-state index in [1.54, 1.807) is 18.0 Å². The Morgan fingerprint density at radius 1 is 1.06 bits per heavy atom. The highest BCUT2D eigenvalue weighted by molar-refractivity contribution is 7.98. The van der Waals surface area contributed by atoms with Crippen LogP contribution in [0.4, 0.5) is 0 Å². The van der Waals surface area contributed by atoms with E-state index >= 15 is 0 Å². The van der Waals surface area contributed by atoms with Crippen molar-refractivity contribution in [3.05, 3.63) is 83.7 Å². The van der Waals surface area contributed by atoms with E-state index in [0.29, 0.717) is 12.1 Å². The van der Waals surface area contributed by atoms with E-state index in [1.165, 1.54) is 6.07 Å². The third-order valence-electron chi connectivity index (χ3n) is 4.92. The average molecular weight is 448 g/mol. The number of aromatic carboxylic acids is 1. The number of hydrogen-bond acceptors (Lipinski definition) is 6. The monoisotopic (exact) mass is 447 g/mol. The first kappa shape index (κ1) is 22.0. The lowest BCUT2D eigenvalue weighted by Crippen LogP contribution is -2.24. The molecule has 2 aromatic carbocycles. The lowest BCUT2D eigenvalue weighted by Gasteiger charge is -2.25. The van der Waals surface area contributed by atoms with Gasteiger partial charge in [0, 0.05) is 33.9 Å². The number of aromatic nitrogens is 2. The Bertz CT molecular complexity index is 1250. The number of carboxylic acids is 1. The molecule has 2 heterocycles. The van der Waals surface area contributed by atoms with E-state index in [4.69, 9.17) is 4.52 Å². The molecule has 0 spiro atoms. The van der Waals surface area contributed by atoms with Gasteiger partial charge in [0.05, 0.1) is 0 Å². The molecule has 0 aliphatic rings. The number of nitrogens with zero attached hydrogens (tertiary/aromatic N) is 2. The summed E-state index contributed by atoms with van der Waals surface area (Å²) in [5.74, 6) is -1.03. The topological polar surface area (TPSA) is 88.2 Å². The van der Waals surface area contributed by atoms with Gasteiger partial charge in [-0.2, -0.15) is 0 Å². The van der Waals surface area contributed by atoms with Crippen LogP contribution < -0.4 is 4.72 Å². The second-order valence-corrected chi connectivity index (χ2v) is 10.2. The van der Waals surface area contributed by atoms with E-state index < -0.39 is 5.97 Å². The number of hydrogen-bond donors (Lipinski definition) is 2. The van der Waals surface area contributed by atoms with Crippen molar-refractivity contribution >= 4 is 28.9 Å². The minimum absolute atomic E-state index is 0.00980. The van der Waals surface area contributed by atoms with Crippen LogP contribution in [-0.2, 0) is 6.42 Å². The summed E-state index contributed by atoms with van der Waals surface area (Å²) in [6.45, 7) is 6.42. The molecule has 164 valence electrons. The Kier molecular flexibility index (Phi) is 6.30. The third-order valence-corrected chi connectivity index (χ3v) is 5.93. The highest BCUT2D eigenvalue weighted by Gasteiger charge is 2.23. The first-order chi connectivity index (χ1) is 15.3. The van der Waals surface area contributed by atoms with Gasteiger partial charge in [0.1, 0.15) is 11.4 Å². The van der Waals surface area contributed by atoms with Gasteiger partial charge in [-0.25, -0.2) is 9.78 Å². The minimum Gasteiger partial charge on any atom is -0.477 e. The van der Waals surface area contributed by atoms with Gasteiger partial charge in [-0.1, -0.05) is 59.6 Å². The number of carbonyl (C=O) groups is 1. The summed E-state index contributed by atoms with van der Waals surface area (Å²) in [4.78, 5) is 15.7. The molecule has 4 aromatic rings. The van der Waals surface area contributed by atoms with Crippen molar-refractivity contribution in [1.29, 1.82) is 0 Å². The molecule has 0 amide bonds. The molecule has 6 nitrogen and oxygen atoms in total. The van der Waals surface area contributed by atoms with Crippen molar-refractivity contribution in [3.63, 3.8) is 0 Å². The quantitative estimate of drug-likeness (QED) is 0.341. The standard InChI is InChI=1S/C25H25N3O3S/c1-25(2,3)32-28-21(15-16-9-8-13-20(26-16)24(29)30)17-10-4-5-11-18(17)23-19-12-6-7-14-22(19)31-27-23/h4-14,21,28H,15H2,1-3H3,(H,29,30). The fraction of sp³-hybridized carbons (Fsp3) is 0.240. The van der Waals surface area contributed by atoms with Gasteiger partial charge in [-0.05, 0) is 50.6 Å². The Hall–Kier alpha value is -3.16. The molecule has 7 heteroatoms. The smallest absolute Gasteiger partial charge is 0.354 e. The van der Waals surface area contributed by atoms with E-state index in [0.717, 1.165) is 27.8 Å². The van der Waals surface area contributed by atoms with Crippen molar-refractivity contribution in [2.45, 2.75) is 38.0 Å². The number of carboxylic acid groups (broad SMARTS) is 1. The zero-order valence-corrected chi connectivity index (χ0v) is 19.0. The maximum atomic E-state index is 11.4. The Morgan fingerprint density at radius 3 is 2.59 bits per heavy atom. The van der Waals surface area contributed by atoms with Gasteiger partial charge < -0.3 is 9.63 Å². The first-order valence-corrected chi connectivity index (χ1v) is 11.2. The van der Waals surface area contributed by atoms with Crippen molar-refractivity contribution in [2.24, 2.45) is 0 Å². The molecule has 0 saturated carbocycles. The zero-order valence-electron chi connectivity index (χ0n) is 18.2. The normalized spacial score (nSPS) is 12.7. The van der Waals surface area contributed by atoms with E-state index in [2.05, 4.69) is 41.7 Å². The predicted molar refractivity (Wildman–Crippen MR) is 128 cm³/mol. The van der Waals surface area contributed by atoms with Crippen LogP contribution in [0.5, 0.6) is 0 Å². The molecule has 4 rings (SSSR count).